The normalized spacial score (nSPS) is 16.1. The number of carbonyl (C=O) groups is 1. The van der Waals surface area contributed by atoms with Crippen molar-refractivity contribution in [3.05, 3.63) is 60.4 Å². The molecule has 4 rings (SSSR count). The first-order chi connectivity index (χ1) is 17.2. The SMILES string of the molecule is CC(C)(C)OC(=O)Nc1ccc2c(c1)N(S(=O)(=O)c1cccc(C(F)(F)F)c1)C[C@H](Cn1ccnn1)O2. The molecule has 1 aliphatic heterocycles. The van der Waals surface area contributed by atoms with Gasteiger partial charge in [-0.1, -0.05) is 11.3 Å². The topological polar surface area (TPSA) is 116 Å². The maximum atomic E-state index is 13.7. The molecule has 0 aliphatic carbocycles. The molecule has 1 aromatic heterocycles. The quantitative estimate of drug-likeness (QED) is 0.514. The molecule has 0 saturated heterocycles. The molecule has 3 aromatic rings. The average Bonchev–Trinajstić information content (AvgIpc) is 3.30. The number of alkyl halides is 3. The van der Waals surface area contributed by atoms with E-state index >= 15 is 0 Å². The van der Waals surface area contributed by atoms with Gasteiger partial charge in [-0.15, -0.1) is 5.10 Å². The summed E-state index contributed by atoms with van der Waals surface area (Å²) in [7, 11) is -4.48. The molecule has 0 spiro atoms. The fraction of sp³-hybridized carbons (Fsp3) is 0.348. The second kappa shape index (κ2) is 9.57. The Morgan fingerprint density at radius 3 is 2.59 bits per heavy atom. The number of hydrogen-bond donors (Lipinski definition) is 1. The molecule has 0 unspecified atom stereocenters. The zero-order chi connectivity index (χ0) is 27.0. The van der Waals surface area contributed by atoms with Crippen molar-refractivity contribution in [2.45, 2.75) is 50.1 Å². The Morgan fingerprint density at radius 2 is 1.95 bits per heavy atom. The van der Waals surface area contributed by atoms with Crippen LogP contribution in [0.5, 0.6) is 5.75 Å². The van der Waals surface area contributed by atoms with Crippen LogP contribution in [0.4, 0.5) is 29.3 Å². The molecule has 1 atom stereocenters. The number of ether oxygens (including phenoxy) is 2. The molecule has 1 amide bonds. The first-order valence-corrected chi connectivity index (χ1v) is 12.5. The number of fused-ring (bicyclic) bond motifs is 1. The van der Waals surface area contributed by atoms with Gasteiger partial charge in [0.05, 0.1) is 35.4 Å². The summed E-state index contributed by atoms with van der Waals surface area (Å²) in [5, 5.41) is 10.1. The minimum absolute atomic E-state index is 0.0424. The van der Waals surface area contributed by atoms with Gasteiger partial charge in [0.1, 0.15) is 17.5 Å². The Labute approximate surface area is 211 Å². The van der Waals surface area contributed by atoms with E-state index < -0.39 is 44.5 Å². The molecule has 10 nitrogen and oxygen atoms in total. The fourth-order valence-electron chi connectivity index (χ4n) is 3.63. The minimum Gasteiger partial charge on any atom is -0.484 e. The summed E-state index contributed by atoms with van der Waals surface area (Å²) in [6.45, 7) is 4.96. The second-order valence-corrected chi connectivity index (χ2v) is 11.1. The number of benzene rings is 2. The monoisotopic (exact) mass is 539 g/mol. The molecule has 37 heavy (non-hydrogen) atoms. The van der Waals surface area contributed by atoms with Crippen molar-refractivity contribution in [2.75, 3.05) is 16.2 Å². The number of aromatic nitrogens is 3. The molecular weight excluding hydrogens is 515 g/mol. The number of anilines is 2. The number of amides is 1. The Balaban J connectivity index is 1.73. The lowest BCUT2D eigenvalue weighted by Crippen LogP contribution is -2.45. The largest absolute Gasteiger partial charge is 0.484 e. The van der Waals surface area contributed by atoms with E-state index in [9.17, 15) is 26.4 Å². The van der Waals surface area contributed by atoms with Gasteiger partial charge in [0, 0.05) is 11.9 Å². The highest BCUT2D eigenvalue weighted by Gasteiger charge is 2.37. The number of hydrogen-bond acceptors (Lipinski definition) is 7. The van der Waals surface area contributed by atoms with Crippen LogP contribution < -0.4 is 14.4 Å². The van der Waals surface area contributed by atoms with Crippen molar-refractivity contribution in [3.63, 3.8) is 0 Å². The van der Waals surface area contributed by atoms with Crippen LogP contribution in [-0.2, 0) is 27.5 Å². The van der Waals surface area contributed by atoms with Crippen molar-refractivity contribution in [2.24, 2.45) is 0 Å². The number of rotatable bonds is 5. The third-order valence-corrected chi connectivity index (χ3v) is 6.92. The van der Waals surface area contributed by atoms with E-state index in [0.717, 1.165) is 22.5 Å². The van der Waals surface area contributed by atoms with Crippen LogP contribution in [0.25, 0.3) is 0 Å². The lowest BCUT2D eigenvalue weighted by atomic mass is 10.2. The second-order valence-electron chi connectivity index (χ2n) is 9.24. The summed E-state index contributed by atoms with van der Waals surface area (Å²) in [6.07, 6.45) is -3.21. The van der Waals surface area contributed by atoms with Gasteiger partial charge in [0.2, 0.25) is 0 Å². The van der Waals surface area contributed by atoms with Crippen LogP contribution in [0, 0.1) is 0 Å². The van der Waals surface area contributed by atoms with Crippen LogP contribution >= 0.6 is 0 Å². The van der Waals surface area contributed by atoms with Gasteiger partial charge in [-0.05, 0) is 57.2 Å². The lowest BCUT2D eigenvalue weighted by Gasteiger charge is -2.35. The highest BCUT2D eigenvalue weighted by atomic mass is 32.2. The molecule has 14 heteroatoms. The Morgan fingerprint density at radius 1 is 1.19 bits per heavy atom. The smallest absolute Gasteiger partial charge is 0.416 e. The number of nitrogens with zero attached hydrogens (tertiary/aromatic N) is 4. The number of halogens is 3. The molecule has 0 saturated carbocycles. The van der Waals surface area contributed by atoms with E-state index in [-0.39, 0.29) is 30.2 Å². The van der Waals surface area contributed by atoms with E-state index in [2.05, 4.69) is 15.6 Å². The molecule has 1 aliphatic rings. The van der Waals surface area contributed by atoms with Gasteiger partial charge < -0.3 is 9.47 Å². The third-order valence-electron chi connectivity index (χ3n) is 5.15. The minimum atomic E-state index is -4.73. The number of sulfonamides is 1. The summed E-state index contributed by atoms with van der Waals surface area (Å²) in [4.78, 5) is 11.7. The Kier molecular flexibility index (Phi) is 6.79. The Hall–Kier alpha value is -3.81. The van der Waals surface area contributed by atoms with Gasteiger partial charge in [-0.2, -0.15) is 13.2 Å². The van der Waals surface area contributed by atoms with Crippen LogP contribution in [0.3, 0.4) is 0 Å². The van der Waals surface area contributed by atoms with Gasteiger partial charge in [-0.3, -0.25) is 9.62 Å². The fourth-order valence-corrected chi connectivity index (χ4v) is 5.18. The van der Waals surface area contributed by atoms with Crippen LogP contribution in [0.2, 0.25) is 0 Å². The van der Waals surface area contributed by atoms with Crippen molar-refractivity contribution in [3.8, 4) is 5.75 Å². The number of carbonyl (C=O) groups excluding carboxylic acids is 1. The van der Waals surface area contributed by atoms with Crippen molar-refractivity contribution in [1.82, 2.24) is 15.0 Å². The van der Waals surface area contributed by atoms with Crippen LogP contribution in [-0.4, -0.2) is 47.8 Å². The molecule has 0 fully saturated rings. The molecule has 0 bridgehead atoms. The lowest BCUT2D eigenvalue weighted by molar-refractivity contribution is -0.137. The van der Waals surface area contributed by atoms with E-state index in [1.807, 2.05) is 0 Å². The standard InChI is InChI=1S/C23H24F3N5O5S/c1-22(2,3)36-21(32)28-16-7-8-20-19(12-16)31(14-17(35-20)13-30-10-9-27-29-30)37(33,34)18-6-4-5-15(11-18)23(24,25)26/h4-12,17H,13-14H2,1-3H3,(H,28,32)/t17-/m0/s1. The zero-order valence-electron chi connectivity index (χ0n) is 20.1. The van der Waals surface area contributed by atoms with Crippen molar-refractivity contribution >= 4 is 27.5 Å². The summed E-state index contributed by atoms with van der Waals surface area (Å²) in [6, 6.07) is 7.82. The average molecular weight is 540 g/mol. The van der Waals surface area contributed by atoms with E-state index in [4.69, 9.17) is 9.47 Å². The van der Waals surface area contributed by atoms with Crippen molar-refractivity contribution in [1.29, 1.82) is 0 Å². The third kappa shape index (κ3) is 6.13. The van der Waals surface area contributed by atoms with E-state index in [0.29, 0.717) is 6.07 Å². The predicted molar refractivity (Wildman–Crippen MR) is 127 cm³/mol. The predicted octanol–water partition coefficient (Wildman–Crippen LogP) is 4.30. The maximum absolute atomic E-state index is 13.7. The van der Waals surface area contributed by atoms with E-state index in [1.54, 1.807) is 27.0 Å². The highest BCUT2D eigenvalue weighted by molar-refractivity contribution is 7.92. The number of nitrogens with one attached hydrogen (secondary N) is 1. The summed E-state index contributed by atoms with van der Waals surface area (Å²) < 4.78 is 80.8. The first-order valence-electron chi connectivity index (χ1n) is 11.1. The zero-order valence-corrected chi connectivity index (χ0v) is 20.9. The molecule has 198 valence electrons. The first kappa shape index (κ1) is 26.3. The van der Waals surface area contributed by atoms with Gasteiger partial charge in [-0.25, -0.2) is 17.9 Å². The van der Waals surface area contributed by atoms with Crippen LogP contribution in [0.1, 0.15) is 26.3 Å². The summed E-state index contributed by atoms with van der Waals surface area (Å²) in [5.74, 6) is 0.154. The molecule has 2 heterocycles. The van der Waals surface area contributed by atoms with Gasteiger partial charge >= 0.3 is 12.3 Å². The van der Waals surface area contributed by atoms with Crippen molar-refractivity contribution < 1.29 is 35.9 Å². The molecule has 0 radical (unpaired) electrons. The molecule has 1 N–H and O–H groups in total. The summed E-state index contributed by atoms with van der Waals surface area (Å²) >= 11 is 0. The molecule has 2 aromatic carbocycles. The highest BCUT2D eigenvalue weighted by Crippen LogP contribution is 2.40. The van der Waals surface area contributed by atoms with Gasteiger partial charge in [0.15, 0.2) is 0 Å². The van der Waals surface area contributed by atoms with Crippen LogP contribution in [0.15, 0.2) is 59.8 Å². The Bertz CT molecular complexity index is 1390. The summed E-state index contributed by atoms with van der Waals surface area (Å²) in [5.41, 5.74) is -1.62. The maximum Gasteiger partial charge on any atom is 0.416 e. The van der Waals surface area contributed by atoms with Gasteiger partial charge in [0.25, 0.3) is 10.0 Å². The molecular formula is C23H24F3N5O5S. The van der Waals surface area contributed by atoms with E-state index in [1.165, 1.54) is 29.1 Å².